The van der Waals surface area contributed by atoms with E-state index in [0.717, 1.165) is 5.39 Å². The van der Waals surface area contributed by atoms with Crippen LogP contribution in [0.3, 0.4) is 0 Å². The van der Waals surface area contributed by atoms with Crippen molar-refractivity contribution in [2.24, 2.45) is 0 Å². The highest BCUT2D eigenvalue weighted by atomic mass is 16.5. The van der Waals surface area contributed by atoms with Gasteiger partial charge in [-0.05, 0) is 48.9 Å². The maximum atomic E-state index is 13.6. The average Bonchev–Trinajstić information content (AvgIpc) is 3.56. The lowest BCUT2D eigenvalue weighted by molar-refractivity contribution is -0.130. The van der Waals surface area contributed by atoms with Gasteiger partial charge in [0.2, 0.25) is 5.78 Å². The van der Waals surface area contributed by atoms with Gasteiger partial charge in [0.25, 0.3) is 5.91 Å². The van der Waals surface area contributed by atoms with Crippen LogP contribution in [-0.4, -0.2) is 33.4 Å². The number of rotatable bonds is 7. The minimum atomic E-state index is -0.960. The Kier molecular flexibility index (Phi) is 5.33. The molecule has 34 heavy (non-hydrogen) atoms. The van der Waals surface area contributed by atoms with Crippen LogP contribution in [0.15, 0.2) is 87.1 Å². The molecule has 1 amide bonds. The second-order valence-corrected chi connectivity index (χ2v) is 7.82. The molecule has 2 aromatic carbocycles. The Morgan fingerprint density at radius 3 is 2.65 bits per heavy atom. The molecule has 1 aliphatic rings. The van der Waals surface area contributed by atoms with Crippen LogP contribution in [0.1, 0.15) is 34.8 Å². The summed E-state index contributed by atoms with van der Waals surface area (Å²) >= 11 is 0. The highest BCUT2D eigenvalue weighted by Gasteiger charge is 2.45. The van der Waals surface area contributed by atoms with Crippen molar-refractivity contribution < 1.29 is 33.4 Å². The molecule has 0 aliphatic carbocycles. The van der Waals surface area contributed by atoms with Crippen LogP contribution in [0.5, 0.6) is 11.5 Å². The molecule has 0 spiro atoms. The molecule has 0 radical (unpaired) electrons. The van der Waals surface area contributed by atoms with Gasteiger partial charge in [-0.25, -0.2) is 0 Å². The molecule has 0 fully saturated rings. The maximum Gasteiger partial charge on any atom is 0.290 e. The van der Waals surface area contributed by atoms with Gasteiger partial charge in [0, 0.05) is 5.39 Å². The predicted molar refractivity (Wildman–Crippen MR) is 121 cm³/mol. The maximum absolute atomic E-state index is 13.6. The topological polar surface area (TPSA) is 113 Å². The first-order chi connectivity index (χ1) is 16.5. The fourth-order valence-electron chi connectivity index (χ4n) is 4.16. The summed E-state index contributed by atoms with van der Waals surface area (Å²) in [5, 5.41) is 21.7. The number of ketones is 1. The normalized spacial score (nSPS) is 16.0. The van der Waals surface area contributed by atoms with Crippen molar-refractivity contribution in [3.8, 4) is 11.5 Å². The predicted octanol–water partition coefficient (Wildman–Crippen LogP) is 4.91. The van der Waals surface area contributed by atoms with Gasteiger partial charge in [0.1, 0.15) is 11.3 Å². The van der Waals surface area contributed by atoms with Gasteiger partial charge in [-0.1, -0.05) is 24.3 Å². The van der Waals surface area contributed by atoms with Crippen LogP contribution >= 0.6 is 0 Å². The number of amides is 1. The van der Waals surface area contributed by atoms with Crippen LogP contribution in [0.25, 0.3) is 11.0 Å². The Morgan fingerprint density at radius 2 is 1.91 bits per heavy atom. The third kappa shape index (κ3) is 3.59. The number of carbonyl (C=O) groups excluding carboxylic acids is 2. The lowest BCUT2D eigenvalue weighted by Gasteiger charge is -2.26. The Bertz CT molecular complexity index is 1380. The van der Waals surface area contributed by atoms with Crippen LogP contribution in [0, 0.1) is 0 Å². The number of para-hydroxylation sites is 1. The zero-order valence-electron chi connectivity index (χ0n) is 18.2. The van der Waals surface area contributed by atoms with E-state index in [1.54, 1.807) is 55.5 Å². The molecule has 2 aromatic heterocycles. The van der Waals surface area contributed by atoms with Crippen molar-refractivity contribution in [3.63, 3.8) is 0 Å². The summed E-state index contributed by atoms with van der Waals surface area (Å²) in [5.74, 6) is -1.38. The number of aliphatic hydroxyl groups is 1. The molecule has 8 heteroatoms. The Labute approximate surface area is 194 Å². The van der Waals surface area contributed by atoms with Crippen molar-refractivity contribution in [3.05, 3.63) is 95.3 Å². The Morgan fingerprint density at radius 1 is 1.09 bits per heavy atom. The van der Waals surface area contributed by atoms with Gasteiger partial charge in [-0.3, -0.25) is 9.59 Å². The van der Waals surface area contributed by atoms with Crippen molar-refractivity contribution >= 4 is 22.7 Å². The molecule has 172 valence electrons. The second-order valence-electron chi connectivity index (χ2n) is 7.82. The molecule has 1 aliphatic heterocycles. The molecular formula is C26H21NO7. The lowest BCUT2D eigenvalue weighted by Crippen LogP contribution is -2.30. The monoisotopic (exact) mass is 459 g/mol. The number of aliphatic hydroxyl groups excluding tert-OH is 1. The molecule has 0 saturated carbocycles. The van der Waals surface area contributed by atoms with Gasteiger partial charge < -0.3 is 28.7 Å². The average molecular weight is 459 g/mol. The quantitative estimate of drug-likeness (QED) is 0.378. The van der Waals surface area contributed by atoms with E-state index in [4.69, 9.17) is 13.6 Å². The van der Waals surface area contributed by atoms with Crippen molar-refractivity contribution in [1.82, 2.24) is 4.90 Å². The number of carbonyl (C=O) groups is 2. The molecule has 8 nitrogen and oxygen atoms in total. The number of phenols is 1. The highest BCUT2D eigenvalue weighted by Crippen LogP contribution is 2.42. The molecule has 5 rings (SSSR count). The number of benzene rings is 2. The van der Waals surface area contributed by atoms with Gasteiger partial charge >= 0.3 is 0 Å². The molecular weight excluding hydrogens is 438 g/mol. The smallest absolute Gasteiger partial charge is 0.290 e. The van der Waals surface area contributed by atoms with Gasteiger partial charge in [-0.15, -0.1) is 0 Å². The van der Waals surface area contributed by atoms with E-state index in [1.165, 1.54) is 17.2 Å². The van der Waals surface area contributed by atoms with E-state index in [-0.39, 0.29) is 29.4 Å². The number of hydrogen-bond acceptors (Lipinski definition) is 7. The summed E-state index contributed by atoms with van der Waals surface area (Å²) in [6.45, 7) is 2.10. The second kappa shape index (κ2) is 8.47. The van der Waals surface area contributed by atoms with Crippen LogP contribution in [-0.2, 0) is 11.3 Å². The third-order valence-corrected chi connectivity index (χ3v) is 5.70. The number of fused-ring (bicyclic) bond motifs is 1. The standard InChI is InChI=1S/C26H21NO7/c1-2-32-20-13-16(9-10-18(20)28)23-22(24(29)21-12-15-6-3-4-8-19(15)34-21)25(30)26(31)27(23)14-17-7-5-11-33-17/h3-13,23,28,30H,2,14H2,1H3/t23-/m1/s1. The lowest BCUT2D eigenvalue weighted by atomic mass is 9.94. The minimum absolute atomic E-state index is 0.00390. The fourth-order valence-corrected chi connectivity index (χ4v) is 4.16. The molecule has 3 heterocycles. The first-order valence-electron chi connectivity index (χ1n) is 10.7. The molecule has 0 unspecified atom stereocenters. The fraction of sp³-hybridized carbons (Fsp3) is 0.154. The van der Waals surface area contributed by atoms with E-state index >= 15 is 0 Å². The molecule has 4 aromatic rings. The number of nitrogens with zero attached hydrogens (tertiary/aromatic N) is 1. The summed E-state index contributed by atoms with van der Waals surface area (Å²) < 4.78 is 16.6. The number of hydrogen-bond donors (Lipinski definition) is 2. The molecule has 1 atom stereocenters. The van der Waals surface area contributed by atoms with Crippen LogP contribution in [0.4, 0.5) is 0 Å². The van der Waals surface area contributed by atoms with E-state index in [0.29, 0.717) is 23.5 Å². The van der Waals surface area contributed by atoms with Crippen molar-refractivity contribution in [1.29, 1.82) is 0 Å². The zero-order valence-corrected chi connectivity index (χ0v) is 18.2. The summed E-state index contributed by atoms with van der Waals surface area (Å²) in [5.41, 5.74) is 0.871. The minimum Gasteiger partial charge on any atom is -0.504 e. The summed E-state index contributed by atoms with van der Waals surface area (Å²) in [4.78, 5) is 28.1. The molecule has 0 saturated heterocycles. The van der Waals surface area contributed by atoms with Crippen LogP contribution in [0.2, 0.25) is 0 Å². The number of phenolic OH excluding ortho intramolecular Hbond substituents is 1. The number of furan rings is 2. The number of Topliss-reactive ketones (excluding diaryl/α,β-unsaturated/α-hetero) is 1. The Hall–Kier alpha value is -4.46. The zero-order chi connectivity index (χ0) is 23.8. The van der Waals surface area contributed by atoms with Gasteiger partial charge in [-0.2, -0.15) is 0 Å². The molecule has 0 bridgehead atoms. The highest BCUT2D eigenvalue weighted by molar-refractivity contribution is 6.16. The summed E-state index contributed by atoms with van der Waals surface area (Å²) in [7, 11) is 0. The van der Waals surface area contributed by atoms with E-state index in [9.17, 15) is 19.8 Å². The number of aromatic hydroxyl groups is 1. The van der Waals surface area contributed by atoms with E-state index in [1.807, 2.05) is 6.07 Å². The van der Waals surface area contributed by atoms with Crippen LogP contribution < -0.4 is 4.74 Å². The third-order valence-electron chi connectivity index (χ3n) is 5.70. The summed E-state index contributed by atoms with van der Waals surface area (Å²) in [6, 6.07) is 15.7. The molecule has 2 N–H and O–H groups in total. The van der Waals surface area contributed by atoms with Gasteiger partial charge in [0.15, 0.2) is 23.0 Å². The van der Waals surface area contributed by atoms with Crippen molar-refractivity contribution in [2.45, 2.75) is 19.5 Å². The van der Waals surface area contributed by atoms with Crippen molar-refractivity contribution in [2.75, 3.05) is 6.61 Å². The number of ether oxygens (including phenoxy) is 1. The first kappa shape index (κ1) is 21.4. The Balaban J connectivity index is 1.62. The first-order valence-corrected chi connectivity index (χ1v) is 10.7. The van der Waals surface area contributed by atoms with E-state index < -0.39 is 23.5 Å². The SMILES string of the molecule is CCOc1cc([C@@H]2C(C(=O)c3cc4ccccc4o3)=C(O)C(=O)N2Cc2ccco2)ccc1O. The van der Waals surface area contributed by atoms with E-state index in [2.05, 4.69) is 0 Å². The van der Waals surface area contributed by atoms with Gasteiger partial charge in [0.05, 0.1) is 31.0 Å². The largest absolute Gasteiger partial charge is 0.504 e. The summed E-state index contributed by atoms with van der Waals surface area (Å²) in [6.07, 6.45) is 1.48.